The van der Waals surface area contributed by atoms with E-state index in [-0.39, 0.29) is 17.7 Å². The maximum atomic E-state index is 12.9. The monoisotopic (exact) mass is 457 g/mol. The molecule has 180 valence electrons. The number of carbonyl (C=O) groups excluding carboxylic acids is 1. The first kappa shape index (κ1) is 25.2. The second-order valence-electron chi connectivity index (χ2n) is 9.30. The molecule has 0 saturated carbocycles. The topological polar surface area (TPSA) is 97.6 Å². The molecular formula is C26H35NO6. The van der Waals surface area contributed by atoms with Crippen molar-refractivity contribution in [2.75, 3.05) is 0 Å². The molecule has 2 aliphatic heterocycles. The van der Waals surface area contributed by atoms with Crippen LogP contribution in [0.1, 0.15) is 53.0 Å². The summed E-state index contributed by atoms with van der Waals surface area (Å²) < 4.78 is 18.2. The molecule has 7 heteroatoms. The van der Waals surface area contributed by atoms with E-state index in [1.165, 1.54) is 0 Å². The van der Waals surface area contributed by atoms with Crippen molar-refractivity contribution in [1.82, 2.24) is 0 Å². The number of nitrogens with zero attached hydrogens (tertiary/aromatic N) is 1. The van der Waals surface area contributed by atoms with Crippen LogP contribution in [0.5, 0.6) is 0 Å². The minimum Gasteiger partial charge on any atom is -0.457 e. The summed E-state index contributed by atoms with van der Waals surface area (Å²) in [5.41, 5.74) is 4.18. The maximum absolute atomic E-state index is 12.9. The number of ether oxygens (including phenoxy) is 3. The number of cyclic esters (lactones) is 1. The van der Waals surface area contributed by atoms with Gasteiger partial charge in [-0.05, 0) is 51.2 Å². The molecule has 33 heavy (non-hydrogen) atoms. The van der Waals surface area contributed by atoms with Crippen LogP contribution < -0.4 is 0 Å². The van der Waals surface area contributed by atoms with Crippen LogP contribution in [0.2, 0.25) is 0 Å². The number of aliphatic hydroxyl groups is 1. The molecule has 1 aromatic rings. The van der Waals surface area contributed by atoms with Crippen molar-refractivity contribution in [3.63, 3.8) is 0 Å². The third-order valence-corrected chi connectivity index (χ3v) is 6.65. The van der Waals surface area contributed by atoms with Gasteiger partial charge in [0.1, 0.15) is 29.6 Å². The Morgan fingerprint density at radius 3 is 2.61 bits per heavy atom. The van der Waals surface area contributed by atoms with Crippen molar-refractivity contribution in [3.05, 3.63) is 53.3 Å². The molecule has 0 unspecified atom stereocenters. The van der Waals surface area contributed by atoms with Gasteiger partial charge in [0.2, 0.25) is 0 Å². The molecule has 2 aliphatic rings. The number of rotatable bonds is 4. The highest BCUT2D eigenvalue weighted by Gasteiger charge is 2.53. The summed E-state index contributed by atoms with van der Waals surface area (Å²) in [6, 6.07) is 9.89. The van der Waals surface area contributed by atoms with E-state index in [2.05, 4.69) is 10.9 Å². The smallest absolute Gasteiger partial charge is 0.312 e. The normalized spacial score (nSPS) is 36.5. The highest BCUT2D eigenvalue weighted by molar-refractivity contribution is 5.98. The molecule has 7 nitrogen and oxygen atoms in total. The van der Waals surface area contributed by atoms with Crippen LogP contribution in [0, 0.1) is 11.8 Å². The van der Waals surface area contributed by atoms with Crippen molar-refractivity contribution in [2.45, 2.75) is 84.1 Å². The van der Waals surface area contributed by atoms with Crippen LogP contribution >= 0.6 is 0 Å². The average Bonchev–Trinajstić information content (AvgIpc) is 3.05. The van der Waals surface area contributed by atoms with Crippen molar-refractivity contribution >= 4 is 11.7 Å². The van der Waals surface area contributed by atoms with E-state index in [0.717, 1.165) is 11.1 Å². The lowest BCUT2D eigenvalue weighted by Gasteiger charge is -2.31. The molecule has 1 saturated heterocycles. The molecule has 2 bridgehead atoms. The lowest BCUT2D eigenvalue weighted by molar-refractivity contribution is -0.161. The Balaban J connectivity index is 1.98. The number of aliphatic hydroxyl groups excluding tert-OH is 1. The van der Waals surface area contributed by atoms with Crippen molar-refractivity contribution in [1.29, 1.82) is 0 Å². The van der Waals surface area contributed by atoms with Gasteiger partial charge < -0.3 is 24.5 Å². The lowest BCUT2D eigenvalue weighted by atomic mass is 9.84. The second kappa shape index (κ2) is 10.7. The Hall–Kier alpha value is -2.44. The predicted octanol–water partition coefficient (Wildman–Crippen LogP) is 4.02. The molecule has 0 spiro atoms. The molecule has 3 rings (SSSR count). The van der Waals surface area contributed by atoms with Crippen LogP contribution in [-0.2, 0) is 25.6 Å². The van der Waals surface area contributed by atoms with Gasteiger partial charge in [-0.1, -0.05) is 49.3 Å². The van der Waals surface area contributed by atoms with E-state index in [1.54, 1.807) is 13.8 Å². The summed E-state index contributed by atoms with van der Waals surface area (Å²) >= 11 is 0. The zero-order valence-corrected chi connectivity index (χ0v) is 20.0. The zero-order chi connectivity index (χ0) is 24.2. The van der Waals surface area contributed by atoms with Gasteiger partial charge in [-0.3, -0.25) is 4.79 Å². The standard InChI is InChI=1S/C26H35NO6/c1-6-20-16(2)12-13-21(31-15-19-10-8-7-9-11-19)17(3)14-26(5)24(27-30)22(28)23(33-26)18(4)25(29)32-20/h7-11,13,17-18,20-23,28,30H,6,14-15H2,1-5H3/b27-24-/t12?,17-,18-,20-,21-,22-,23-,26+/m1/s1. The van der Waals surface area contributed by atoms with Crippen molar-refractivity contribution < 1.29 is 29.3 Å². The molecule has 0 aromatic heterocycles. The summed E-state index contributed by atoms with van der Waals surface area (Å²) in [5, 5.41) is 23.9. The van der Waals surface area contributed by atoms with Gasteiger partial charge in [-0.15, -0.1) is 5.73 Å². The molecule has 2 N–H and O–H groups in total. The molecular weight excluding hydrogens is 422 g/mol. The van der Waals surface area contributed by atoms with Crippen LogP contribution in [0.3, 0.4) is 0 Å². The van der Waals surface area contributed by atoms with E-state index in [1.807, 2.05) is 57.2 Å². The number of fused-ring (bicyclic) bond motifs is 2. The second-order valence-corrected chi connectivity index (χ2v) is 9.30. The summed E-state index contributed by atoms with van der Waals surface area (Å²) in [4.78, 5) is 12.9. The third-order valence-electron chi connectivity index (χ3n) is 6.65. The molecule has 1 fully saturated rings. The van der Waals surface area contributed by atoms with Gasteiger partial charge in [-0.2, -0.15) is 0 Å². The Bertz CT molecular complexity index is 922. The quantitative estimate of drug-likeness (QED) is 0.307. The first-order valence-corrected chi connectivity index (χ1v) is 11.6. The van der Waals surface area contributed by atoms with Gasteiger partial charge in [0.25, 0.3) is 0 Å². The fraction of sp³-hybridized carbons (Fsp3) is 0.577. The molecule has 0 radical (unpaired) electrons. The summed E-state index contributed by atoms with van der Waals surface area (Å²) in [7, 11) is 0. The summed E-state index contributed by atoms with van der Waals surface area (Å²) in [5.74, 6) is -1.29. The van der Waals surface area contributed by atoms with Crippen molar-refractivity contribution in [3.8, 4) is 0 Å². The van der Waals surface area contributed by atoms with Gasteiger partial charge in [0, 0.05) is 5.57 Å². The molecule has 0 aliphatic carbocycles. The zero-order valence-electron chi connectivity index (χ0n) is 20.0. The van der Waals surface area contributed by atoms with E-state index >= 15 is 0 Å². The minimum atomic E-state index is -1.21. The van der Waals surface area contributed by atoms with E-state index in [4.69, 9.17) is 14.2 Å². The fourth-order valence-electron chi connectivity index (χ4n) is 4.63. The predicted molar refractivity (Wildman–Crippen MR) is 124 cm³/mol. The van der Waals surface area contributed by atoms with Crippen LogP contribution in [0.25, 0.3) is 0 Å². The Labute approximate surface area is 195 Å². The Morgan fingerprint density at radius 1 is 1.27 bits per heavy atom. The van der Waals surface area contributed by atoms with Crippen molar-refractivity contribution in [2.24, 2.45) is 17.0 Å². The van der Waals surface area contributed by atoms with E-state index in [9.17, 15) is 15.1 Å². The molecule has 0 amide bonds. The van der Waals surface area contributed by atoms with Crippen LogP contribution in [0.4, 0.5) is 0 Å². The summed E-state index contributed by atoms with van der Waals surface area (Å²) in [6.07, 6.45) is -0.00143. The molecule has 7 atom stereocenters. The number of carbonyl (C=O) groups is 1. The van der Waals surface area contributed by atoms with Gasteiger partial charge >= 0.3 is 5.97 Å². The SMILES string of the molecule is CC[C@H]1OC(=O)[C@H](C)[C@H]2O[C@@](C)(C[C@@H](C)[C@H](OCc3ccccc3)C=C=C1C)/C(=N\O)[C@@H]2O. The highest BCUT2D eigenvalue weighted by Crippen LogP contribution is 2.38. The fourth-order valence-corrected chi connectivity index (χ4v) is 4.63. The van der Waals surface area contributed by atoms with Gasteiger partial charge in [0.05, 0.1) is 18.6 Å². The van der Waals surface area contributed by atoms with Gasteiger partial charge in [0.15, 0.2) is 0 Å². The van der Waals surface area contributed by atoms with Gasteiger partial charge in [-0.25, -0.2) is 0 Å². The van der Waals surface area contributed by atoms with Crippen LogP contribution in [-0.4, -0.2) is 52.0 Å². The first-order valence-electron chi connectivity index (χ1n) is 11.6. The molecule has 2 heterocycles. The number of hydrogen-bond donors (Lipinski definition) is 2. The number of esters is 1. The third kappa shape index (κ3) is 5.56. The van der Waals surface area contributed by atoms with E-state index < -0.39 is 35.8 Å². The number of benzene rings is 1. The largest absolute Gasteiger partial charge is 0.457 e. The minimum absolute atomic E-state index is 0.0746. The average molecular weight is 458 g/mol. The first-order chi connectivity index (χ1) is 15.7. The van der Waals surface area contributed by atoms with Crippen LogP contribution in [0.15, 0.2) is 52.9 Å². The number of oxime groups is 1. The Kier molecular flexibility index (Phi) is 8.14. The molecule has 1 aromatic carbocycles. The number of hydrogen-bond acceptors (Lipinski definition) is 7. The Morgan fingerprint density at radius 2 is 1.97 bits per heavy atom. The highest BCUT2D eigenvalue weighted by atomic mass is 16.6. The summed E-state index contributed by atoms with van der Waals surface area (Å²) in [6.45, 7) is 9.69. The maximum Gasteiger partial charge on any atom is 0.312 e. The van der Waals surface area contributed by atoms with E-state index in [0.29, 0.717) is 19.4 Å². The lowest BCUT2D eigenvalue weighted by Crippen LogP contribution is -2.40.